The maximum Gasteiger partial charge on any atom is 0.184 e. The van der Waals surface area contributed by atoms with Crippen LogP contribution in [-0.2, 0) is 4.79 Å². The van der Waals surface area contributed by atoms with E-state index in [1.54, 1.807) is 6.08 Å². The SMILES string of the molecule is C#C[C@@]1(O)CC[C@@H]2[C@H]3CCC4=CC(=O)/C(=C\O)C[C@@]4(C)[C@@H]3CC[C@]21C. The summed E-state index contributed by atoms with van der Waals surface area (Å²) in [6.45, 7) is 4.47. The number of aliphatic hydroxyl groups is 2. The standard InChI is InChI=1S/C22H28O3/c1-4-22(25)10-8-18-16-6-5-15-11-19(24)14(13-23)12-20(15,2)17(16)7-9-21(18,22)3/h1,11,13,16-18,23,25H,5-10,12H2,2-3H3/b14-13-/t16-,17+,18+,20+,21+,22+/m0/s1. The Morgan fingerprint density at radius 3 is 2.64 bits per heavy atom. The monoisotopic (exact) mass is 340 g/mol. The molecule has 4 aliphatic rings. The van der Waals surface area contributed by atoms with Gasteiger partial charge in [-0.15, -0.1) is 6.42 Å². The zero-order valence-corrected chi connectivity index (χ0v) is 15.2. The quantitative estimate of drug-likeness (QED) is 0.399. The highest BCUT2D eigenvalue weighted by Crippen LogP contribution is 2.67. The Morgan fingerprint density at radius 2 is 1.96 bits per heavy atom. The molecule has 134 valence electrons. The number of terminal acetylenes is 1. The molecule has 25 heavy (non-hydrogen) atoms. The molecule has 3 fully saturated rings. The third kappa shape index (κ3) is 2.01. The summed E-state index contributed by atoms with van der Waals surface area (Å²) in [5, 5.41) is 20.5. The molecule has 6 atom stereocenters. The van der Waals surface area contributed by atoms with Crippen LogP contribution in [0.4, 0.5) is 0 Å². The first kappa shape index (κ1) is 16.9. The summed E-state index contributed by atoms with van der Waals surface area (Å²) in [5.74, 6) is 4.17. The molecule has 0 bridgehead atoms. The van der Waals surface area contributed by atoms with Gasteiger partial charge in [-0.25, -0.2) is 0 Å². The summed E-state index contributed by atoms with van der Waals surface area (Å²) in [7, 11) is 0. The second-order valence-corrected chi connectivity index (χ2v) is 9.20. The van der Waals surface area contributed by atoms with E-state index in [2.05, 4.69) is 19.8 Å². The molecule has 4 rings (SSSR count). The Labute approximate surface area is 150 Å². The lowest BCUT2D eigenvalue weighted by atomic mass is 9.46. The summed E-state index contributed by atoms with van der Waals surface area (Å²) in [6, 6.07) is 0. The van der Waals surface area contributed by atoms with Crippen LogP contribution in [0.5, 0.6) is 0 Å². The molecule has 2 N–H and O–H groups in total. The third-order valence-electron chi connectivity index (χ3n) is 8.46. The molecule has 3 saturated carbocycles. The molecular weight excluding hydrogens is 312 g/mol. The minimum atomic E-state index is -0.974. The fraction of sp³-hybridized carbons (Fsp3) is 0.682. The average Bonchev–Trinajstić information content (AvgIpc) is 2.87. The third-order valence-corrected chi connectivity index (χ3v) is 8.46. The van der Waals surface area contributed by atoms with Crippen molar-refractivity contribution in [1.82, 2.24) is 0 Å². The average molecular weight is 340 g/mol. The van der Waals surface area contributed by atoms with Gasteiger partial charge in [-0.2, -0.15) is 0 Å². The van der Waals surface area contributed by atoms with Crippen molar-refractivity contribution in [1.29, 1.82) is 0 Å². The first-order chi connectivity index (χ1) is 11.8. The van der Waals surface area contributed by atoms with Gasteiger partial charge in [-0.1, -0.05) is 25.3 Å². The second-order valence-electron chi connectivity index (χ2n) is 9.20. The second kappa shape index (κ2) is 5.24. The van der Waals surface area contributed by atoms with Gasteiger partial charge in [0.15, 0.2) is 5.78 Å². The van der Waals surface area contributed by atoms with E-state index in [0.29, 0.717) is 36.2 Å². The van der Waals surface area contributed by atoms with E-state index in [0.717, 1.165) is 38.4 Å². The van der Waals surface area contributed by atoms with Gasteiger partial charge in [-0.3, -0.25) is 4.79 Å². The van der Waals surface area contributed by atoms with Crippen LogP contribution in [0, 0.1) is 40.9 Å². The highest BCUT2D eigenvalue weighted by Gasteiger charge is 2.63. The minimum Gasteiger partial charge on any atom is -0.515 e. The van der Waals surface area contributed by atoms with Crippen LogP contribution in [-0.4, -0.2) is 21.6 Å². The number of carbonyl (C=O) groups is 1. The fourth-order valence-electron chi connectivity index (χ4n) is 6.90. The predicted molar refractivity (Wildman–Crippen MR) is 96.6 cm³/mol. The Bertz CT molecular complexity index is 726. The summed E-state index contributed by atoms with van der Waals surface area (Å²) in [5.41, 5.74) is 0.577. The number of aliphatic hydroxyl groups excluding tert-OH is 1. The normalized spacial score (nSPS) is 50.5. The lowest BCUT2D eigenvalue weighted by Crippen LogP contribution is -2.54. The molecular formula is C22H28O3. The Balaban J connectivity index is 1.72. The lowest BCUT2D eigenvalue weighted by molar-refractivity contribution is -0.115. The highest BCUT2D eigenvalue weighted by atomic mass is 16.3. The molecule has 0 spiro atoms. The maximum absolute atomic E-state index is 12.2. The van der Waals surface area contributed by atoms with E-state index in [1.165, 1.54) is 5.57 Å². The molecule has 0 aromatic carbocycles. The zero-order chi connectivity index (χ0) is 18.0. The van der Waals surface area contributed by atoms with Gasteiger partial charge in [0, 0.05) is 11.0 Å². The molecule has 3 nitrogen and oxygen atoms in total. The van der Waals surface area contributed by atoms with Gasteiger partial charge in [-0.05, 0) is 74.2 Å². The minimum absolute atomic E-state index is 0.0309. The molecule has 0 heterocycles. The van der Waals surface area contributed by atoms with E-state index >= 15 is 0 Å². The number of carbonyl (C=O) groups excluding carboxylic acids is 1. The molecule has 0 aromatic heterocycles. The summed E-state index contributed by atoms with van der Waals surface area (Å²) in [6.07, 6.45) is 14.8. The van der Waals surface area contributed by atoms with Gasteiger partial charge in [0.05, 0.1) is 6.26 Å². The van der Waals surface area contributed by atoms with E-state index < -0.39 is 5.60 Å². The Kier molecular flexibility index (Phi) is 3.54. The van der Waals surface area contributed by atoms with Crippen LogP contribution < -0.4 is 0 Å². The topological polar surface area (TPSA) is 57.5 Å². The number of allylic oxidation sites excluding steroid dienone is 2. The van der Waals surface area contributed by atoms with Gasteiger partial charge in [0.1, 0.15) is 5.60 Å². The van der Waals surface area contributed by atoms with Crippen molar-refractivity contribution < 1.29 is 15.0 Å². The van der Waals surface area contributed by atoms with Crippen LogP contribution in [0.2, 0.25) is 0 Å². The molecule has 3 heteroatoms. The predicted octanol–water partition coefficient (Wildman–Crippen LogP) is 3.93. The van der Waals surface area contributed by atoms with Crippen LogP contribution in [0.1, 0.15) is 58.8 Å². The molecule has 0 aliphatic heterocycles. The number of hydrogen-bond acceptors (Lipinski definition) is 3. The van der Waals surface area contributed by atoms with Crippen molar-refractivity contribution in [3.63, 3.8) is 0 Å². The Morgan fingerprint density at radius 1 is 1.24 bits per heavy atom. The number of rotatable bonds is 0. The summed E-state index contributed by atoms with van der Waals surface area (Å²) >= 11 is 0. The van der Waals surface area contributed by atoms with E-state index in [-0.39, 0.29) is 16.6 Å². The number of hydrogen-bond donors (Lipinski definition) is 2. The van der Waals surface area contributed by atoms with E-state index in [4.69, 9.17) is 6.42 Å². The first-order valence-electron chi connectivity index (χ1n) is 9.58. The van der Waals surface area contributed by atoms with E-state index in [9.17, 15) is 15.0 Å². The van der Waals surface area contributed by atoms with Crippen molar-refractivity contribution in [2.24, 2.45) is 28.6 Å². The molecule has 4 aliphatic carbocycles. The smallest absolute Gasteiger partial charge is 0.184 e. The molecule has 0 radical (unpaired) electrons. The molecule has 0 aromatic rings. The van der Waals surface area contributed by atoms with Crippen LogP contribution in [0.15, 0.2) is 23.5 Å². The number of ketones is 1. The zero-order valence-electron chi connectivity index (χ0n) is 15.2. The molecule has 0 unspecified atom stereocenters. The largest absolute Gasteiger partial charge is 0.515 e. The van der Waals surface area contributed by atoms with Gasteiger partial charge in [0.2, 0.25) is 0 Å². The van der Waals surface area contributed by atoms with Gasteiger partial charge in [0.25, 0.3) is 0 Å². The summed E-state index contributed by atoms with van der Waals surface area (Å²) < 4.78 is 0. The van der Waals surface area contributed by atoms with Gasteiger partial charge >= 0.3 is 0 Å². The van der Waals surface area contributed by atoms with E-state index in [1.807, 2.05) is 0 Å². The van der Waals surface area contributed by atoms with Gasteiger partial charge < -0.3 is 10.2 Å². The maximum atomic E-state index is 12.2. The highest BCUT2D eigenvalue weighted by molar-refractivity contribution is 6.05. The van der Waals surface area contributed by atoms with Crippen LogP contribution in [0.25, 0.3) is 0 Å². The molecule has 0 amide bonds. The van der Waals surface area contributed by atoms with Crippen LogP contribution >= 0.6 is 0 Å². The van der Waals surface area contributed by atoms with Crippen molar-refractivity contribution in [3.05, 3.63) is 23.5 Å². The fourth-order valence-corrected chi connectivity index (χ4v) is 6.90. The number of fused-ring (bicyclic) bond motifs is 5. The molecule has 0 saturated heterocycles. The van der Waals surface area contributed by atoms with Crippen molar-refractivity contribution in [2.45, 2.75) is 64.4 Å². The van der Waals surface area contributed by atoms with Crippen LogP contribution in [0.3, 0.4) is 0 Å². The van der Waals surface area contributed by atoms with Crippen molar-refractivity contribution in [2.75, 3.05) is 0 Å². The Hall–Kier alpha value is -1.53. The summed E-state index contributed by atoms with van der Waals surface area (Å²) in [4.78, 5) is 12.2. The lowest BCUT2D eigenvalue weighted by Gasteiger charge is -2.58. The first-order valence-corrected chi connectivity index (χ1v) is 9.58. The van der Waals surface area contributed by atoms with Crippen molar-refractivity contribution in [3.8, 4) is 12.3 Å². The van der Waals surface area contributed by atoms with Crippen molar-refractivity contribution >= 4 is 5.78 Å².